The van der Waals surface area contributed by atoms with E-state index in [2.05, 4.69) is 25.4 Å². The molecule has 1 aliphatic rings. The number of nitrogens with one attached hydrogen (secondary N) is 1. The molecule has 0 amide bonds. The van der Waals surface area contributed by atoms with Crippen LogP contribution in [-0.4, -0.2) is 50.4 Å². The first kappa shape index (κ1) is 21.3. The van der Waals surface area contributed by atoms with Crippen molar-refractivity contribution in [3.63, 3.8) is 0 Å². The van der Waals surface area contributed by atoms with E-state index in [1.54, 1.807) is 23.1 Å². The molecule has 1 aliphatic heterocycles. The summed E-state index contributed by atoms with van der Waals surface area (Å²) in [5.41, 5.74) is 8.93. The van der Waals surface area contributed by atoms with E-state index in [0.29, 0.717) is 39.8 Å². The molecule has 0 bridgehead atoms. The van der Waals surface area contributed by atoms with E-state index in [1.165, 1.54) is 0 Å². The molecule has 9 nitrogen and oxygen atoms in total. The van der Waals surface area contributed by atoms with E-state index < -0.39 is 5.97 Å². The maximum absolute atomic E-state index is 12.9. The maximum Gasteiger partial charge on any atom is 0.360 e. The molecule has 168 valence electrons. The first-order valence-electron chi connectivity index (χ1n) is 10.6. The number of aromatic nitrogens is 5. The van der Waals surface area contributed by atoms with Crippen LogP contribution in [0, 0.1) is 5.92 Å². The molecule has 4 heterocycles. The third-order valence-corrected chi connectivity index (χ3v) is 5.90. The summed E-state index contributed by atoms with van der Waals surface area (Å²) in [7, 11) is 1.81. The Morgan fingerprint density at radius 3 is 2.94 bits per heavy atom. The third kappa shape index (κ3) is 4.24. The molecular weight excluding hydrogens is 442 g/mol. The summed E-state index contributed by atoms with van der Waals surface area (Å²) in [6.45, 7) is 2.05. The largest absolute Gasteiger partial charge is 0.461 e. The highest BCUT2D eigenvalue weighted by molar-refractivity contribution is 6.35. The number of anilines is 1. The van der Waals surface area contributed by atoms with E-state index in [4.69, 9.17) is 22.1 Å². The van der Waals surface area contributed by atoms with Gasteiger partial charge in [0.1, 0.15) is 11.4 Å². The van der Waals surface area contributed by atoms with Crippen LogP contribution in [0.3, 0.4) is 0 Å². The molecule has 1 aromatic carbocycles. The fraction of sp³-hybridized carbons (Fsp3) is 0.261. The zero-order valence-corrected chi connectivity index (χ0v) is 18.7. The van der Waals surface area contributed by atoms with Crippen molar-refractivity contribution < 1.29 is 9.53 Å². The molecule has 0 saturated carbocycles. The normalized spacial score (nSPS) is 15.8. The van der Waals surface area contributed by atoms with Crippen molar-refractivity contribution in [2.24, 2.45) is 13.0 Å². The fourth-order valence-electron chi connectivity index (χ4n) is 3.92. The van der Waals surface area contributed by atoms with E-state index in [-0.39, 0.29) is 17.4 Å². The van der Waals surface area contributed by atoms with Crippen LogP contribution in [0.4, 0.5) is 5.82 Å². The molecule has 0 spiro atoms. The van der Waals surface area contributed by atoms with Crippen molar-refractivity contribution in [2.75, 3.05) is 25.4 Å². The lowest BCUT2D eigenvalue weighted by atomic mass is 10.0. The van der Waals surface area contributed by atoms with E-state index in [0.717, 1.165) is 24.9 Å². The number of pyridine rings is 1. The highest BCUT2D eigenvalue weighted by Crippen LogP contribution is 2.34. The predicted octanol–water partition coefficient (Wildman–Crippen LogP) is 3.09. The molecule has 0 aliphatic carbocycles. The summed E-state index contributed by atoms with van der Waals surface area (Å²) in [6.07, 6.45) is 4.44. The second kappa shape index (κ2) is 8.76. The summed E-state index contributed by atoms with van der Waals surface area (Å²) in [4.78, 5) is 26.3. The quantitative estimate of drug-likeness (QED) is 0.433. The third-order valence-electron chi connectivity index (χ3n) is 5.62. The highest BCUT2D eigenvalue weighted by Gasteiger charge is 2.24. The Kier molecular flexibility index (Phi) is 5.65. The van der Waals surface area contributed by atoms with Crippen LogP contribution >= 0.6 is 11.6 Å². The van der Waals surface area contributed by atoms with Gasteiger partial charge < -0.3 is 15.8 Å². The molecule has 1 fully saturated rings. The number of rotatable bonds is 5. The van der Waals surface area contributed by atoms with Crippen molar-refractivity contribution in [3.8, 4) is 22.6 Å². The summed E-state index contributed by atoms with van der Waals surface area (Å²) in [6, 6.07) is 9.20. The fourth-order valence-corrected chi connectivity index (χ4v) is 4.20. The standard InChI is InChI=1S/C23H22ClN7O2/c1-31-8-5-17(30-31)20-19(15-9-14-3-2-6-27-18(14)16(24)10-15)28-21(22(25)29-20)23(32)33-12-13-4-7-26-11-13/h2-3,5-6,8-10,13,26H,4,7,11-12H2,1H3,(H2,25,29). The number of ether oxygens (including phenoxy) is 1. The molecule has 1 unspecified atom stereocenters. The number of aryl methyl sites for hydroxylation is 1. The van der Waals surface area contributed by atoms with Crippen molar-refractivity contribution in [3.05, 3.63) is 53.4 Å². The van der Waals surface area contributed by atoms with E-state index in [9.17, 15) is 4.79 Å². The molecule has 1 saturated heterocycles. The number of nitrogens with two attached hydrogens (primary N) is 1. The lowest BCUT2D eigenvalue weighted by molar-refractivity contribution is 0.0444. The van der Waals surface area contributed by atoms with Gasteiger partial charge in [0.2, 0.25) is 0 Å². The summed E-state index contributed by atoms with van der Waals surface area (Å²) in [5, 5.41) is 9.00. The average Bonchev–Trinajstić information content (AvgIpc) is 3.49. The lowest BCUT2D eigenvalue weighted by Crippen LogP contribution is -2.19. The molecule has 3 aromatic heterocycles. The monoisotopic (exact) mass is 463 g/mol. The number of benzene rings is 1. The lowest BCUT2D eigenvalue weighted by Gasteiger charge is -2.13. The Morgan fingerprint density at radius 2 is 2.18 bits per heavy atom. The SMILES string of the molecule is Cn1ccc(-c2nc(N)c(C(=O)OCC3CCNC3)nc2-c2cc(Cl)c3ncccc3c2)n1. The van der Waals surface area contributed by atoms with Gasteiger partial charge in [-0.15, -0.1) is 0 Å². The number of fused-ring (bicyclic) bond motifs is 1. The van der Waals surface area contributed by atoms with Gasteiger partial charge in [-0.3, -0.25) is 9.67 Å². The minimum atomic E-state index is -0.603. The zero-order chi connectivity index (χ0) is 22.9. The Hall–Kier alpha value is -3.56. The van der Waals surface area contributed by atoms with Crippen LogP contribution in [-0.2, 0) is 11.8 Å². The number of hydrogen-bond donors (Lipinski definition) is 2. The van der Waals surface area contributed by atoms with Gasteiger partial charge in [-0.25, -0.2) is 14.8 Å². The molecular formula is C23H22ClN7O2. The van der Waals surface area contributed by atoms with Crippen LogP contribution in [0.1, 0.15) is 16.9 Å². The van der Waals surface area contributed by atoms with Crippen molar-refractivity contribution in [1.29, 1.82) is 0 Å². The number of halogens is 1. The number of esters is 1. The molecule has 3 N–H and O–H groups in total. The zero-order valence-electron chi connectivity index (χ0n) is 18.0. The second-order valence-corrected chi connectivity index (χ2v) is 8.43. The first-order chi connectivity index (χ1) is 16.0. The van der Waals surface area contributed by atoms with Gasteiger partial charge in [0.15, 0.2) is 11.5 Å². The van der Waals surface area contributed by atoms with Crippen LogP contribution in [0.15, 0.2) is 42.7 Å². The average molecular weight is 464 g/mol. The molecule has 5 rings (SSSR count). The van der Waals surface area contributed by atoms with Gasteiger partial charge in [-0.05, 0) is 37.2 Å². The van der Waals surface area contributed by atoms with Gasteiger partial charge in [-0.1, -0.05) is 17.7 Å². The molecule has 0 radical (unpaired) electrons. The van der Waals surface area contributed by atoms with Gasteiger partial charge >= 0.3 is 5.97 Å². The van der Waals surface area contributed by atoms with Crippen LogP contribution in [0.2, 0.25) is 5.02 Å². The Balaban J connectivity index is 1.61. The van der Waals surface area contributed by atoms with Crippen molar-refractivity contribution in [1.82, 2.24) is 30.0 Å². The molecule has 10 heteroatoms. The summed E-state index contributed by atoms with van der Waals surface area (Å²) < 4.78 is 7.17. The molecule has 1 atom stereocenters. The van der Waals surface area contributed by atoms with Gasteiger partial charge in [0.25, 0.3) is 0 Å². The van der Waals surface area contributed by atoms with Crippen molar-refractivity contribution >= 4 is 34.3 Å². The van der Waals surface area contributed by atoms with Crippen LogP contribution in [0.5, 0.6) is 0 Å². The topological polar surface area (TPSA) is 121 Å². The minimum absolute atomic E-state index is 0.0116. The molecule has 33 heavy (non-hydrogen) atoms. The smallest absolute Gasteiger partial charge is 0.360 e. The molecule has 4 aromatic rings. The van der Waals surface area contributed by atoms with E-state index >= 15 is 0 Å². The van der Waals surface area contributed by atoms with Crippen LogP contribution in [0.25, 0.3) is 33.5 Å². The van der Waals surface area contributed by atoms with Gasteiger partial charge in [0, 0.05) is 42.9 Å². The summed E-state index contributed by atoms with van der Waals surface area (Å²) >= 11 is 6.52. The van der Waals surface area contributed by atoms with E-state index in [1.807, 2.05) is 31.3 Å². The minimum Gasteiger partial charge on any atom is -0.461 e. The summed E-state index contributed by atoms with van der Waals surface area (Å²) in [5.74, 6) is -0.334. The predicted molar refractivity (Wildman–Crippen MR) is 126 cm³/mol. The Morgan fingerprint density at radius 1 is 1.30 bits per heavy atom. The highest BCUT2D eigenvalue weighted by atomic mass is 35.5. The van der Waals surface area contributed by atoms with Gasteiger partial charge in [0.05, 0.1) is 22.8 Å². The maximum atomic E-state index is 12.9. The first-order valence-corrected chi connectivity index (χ1v) is 11.0. The number of nitrogen functional groups attached to an aromatic ring is 1. The van der Waals surface area contributed by atoms with Gasteiger partial charge in [-0.2, -0.15) is 5.10 Å². The second-order valence-electron chi connectivity index (χ2n) is 8.02. The van der Waals surface area contributed by atoms with Crippen LogP contribution < -0.4 is 11.1 Å². The number of nitrogens with zero attached hydrogens (tertiary/aromatic N) is 5. The number of carbonyl (C=O) groups is 1. The number of carbonyl (C=O) groups excluding carboxylic acids is 1. The number of hydrogen-bond acceptors (Lipinski definition) is 8. The Labute approximate surface area is 195 Å². The Bertz CT molecular complexity index is 1350. The van der Waals surface area contributed by atoms with Crippen molar-refractivity contribution in [2.45, 2.75) is 6.42 Å².